The first-order valence-corrected chi connectivity index (χ1v) is 10.4. The largest absolute Gasteiger partial charge is 0.352 e. The van der Waals surface area contributed by atoms with Crippen LogP contribution in [0.25, 0.3) is 0 Å². The Morgan fingerprint density at radius 2 is 2.04 bits per heavy atom. The summed E-state index contributed by atoms with van der Waals surface area (Å²) < 4.78 is 27.6. The van der Waals surface area contributed by atoms with Crippen molar-refractivity contribution >= 4 is 28.3 Å². The average Bonchev–Trinajstić information content (AvgIpc) is 2.53. The first-order chi connectivity index (χ1) is 11.9. The Labute approximate surface area is 162 Å². The third-order valence-corrected chi connectivity index (χ3v) is 7.23. The molecular formula is C18H28ClN3O3S. The molecule has 2 aliphatic heterocycles. The molecule has 2 heterocycles. The number of nitrogens with one attached hydrogen (secondary N) is 2. The summed E-state index contributed by atoms with van der Waals surface area (Å²) in [7, 11) is -3.57. The second-order valence-corrected chi connectivity index (χ2v) is 9.06. The standard InChI is InChI=1S/C18H27N3O3S.ClH/c1-13-6-7-16(25(23,24)21-8-4-3-5-14(21)2)9-17(13)18(22)20-12-15-10-19-11-15;/h6-7,9,14-15,19H,3-5,8,10-12H2,1-2H3,(H,20,22);1H. The highest BCUT2D eigenvalue weighted by Gasteiger charge is 2.31. The van der Waals surface area contributed by atoms with E-state index in [1.165, 1.54) is 6.07 Å². The number of carbonyl (C=O) groups excluding carboxylic acids is 1. The molecule has 6 nitrogen and oxygen atoms in total. The van der Waals surface area contributed by atoms with Crippen LogP contribution in [0.4, 0.5) is 0 Å². The zero-order valence-corrected chi connectivity index (χ0v) is 17.0. The molecule has 0 aromatic heterocycles. The number of rotatable bonds is 5. The first kappa shape index (κ1) is 21.2. The lowest BCUT2D eigenvalue weighted by Gasteiger charge is -2.32. The summed E-state index contributed by atoms with van der Waals surface area (Å²) in [6, 6.07) is 4.86. The van der Waals surface area contributed by atoms with Gasteiger partial charge in [0.2, 0.25) is 10.0 Å². The summed E-state index contributed by atoms with van der Waals surface area (Å²) in [5.41, 5.74) is 1.23. The molecule has 1 aromatic carbocycles. The van der Waals surface area contributed by atoms with E-state index in [-0.39, 0.29) is 29.3 Å². The van der Waals surface area contributed by atoms with Crippen LogP contribution >= 0.6 is 12.4 Å². The fraction of sp³-hybridized carbons (Fsp3) is 0.611. The van der Waals surface area contributed by atoms with E-state index in [4.69, 9.17) is 0 Å². The van der Waals surface area contributed by atoms with Crippen molar-refractivity contribution in [2.75, 3.05) is 26.2 Å². The molecule has 2 aliphatic rings. The van der Waals surface area contributed by atoms with Gasteiger partial charge in [-0.2, -0.15) is 4.31 Å². The molecule has 1 amide bonds. The Morgan fingerprint density at radius 3 is 2.65 bits per heavy atom. The second kappa shape index (κ2) is 8.69. The number of nitrogens with zero attached hydrogens (tertiary/aromatic N) is 1. The fourth-order valence-electron chi connectivity index (χ4n) is 3.40. The zero-order chi connectivity index (χ0) is 18.0. The lowest BCUT2D eigenvalue weighted by Crippen LogP contribution is -2.48. The maximum Gasteiger partial charge on any atom is 0.251 e. The van der Waals surface area contributed by atoms with Gasteiger partial charge in [0, 0.05) is 43.7 Å². The predicted octanol–water partition coefficient (Wildman–Crippen LogP) is 1.93. The highest BCUT2D eigenvalue weighted by molar-refractivity contribution is 7.89. The molecule has 26 heavy (non-hydrogen) atoms. The Balaban J connectivity index is 0.00000243. The lowest BCUT2D eigenvalue weighted by molar-refractivity contribution is 0.0941. The van der Waals surface area contributed by atoms with Crippen molar-refractivity contribution in [2.45, 2.75) is 44.0 Å². The molecule has 0 saturated carbocycles. The normalized spacial score (nSPS) is 21.5. The highest BCUT2D eigenvalue weighted by Crippen LogP contribution is 2.26. The van der Waals surface area contributed by atoms with E-state index in [1.807, 2.05) is 13.8 Å². The van der Waals surface area contributed by atoms with Crippen LogP contribution in [0.15, 0.2) is 23.1 Å². The van der Waals surface area contributed by atoms with E-state index in [2.05, 4.69) is 10.6 Å². The molecular weight excluding hydrogens is 374 g/mol. The van der Waals surface area contributed by atoms with Gasteiger partial charge < -0.3 is 10.6 Å². The molecule has 0 aliphatic carbocycles. The minimum Gasteiger partial charge on any atom is -0.352 e. The van der Waals surface area contributed by atoms with Gasteiger partial charge in [-0.1, -0.05) is 12.5 Å². The van der Waals surface area contributed by atoms with Gasteiger partial charge in [-0.3, -0.25) is 4.79 Å². The maximum atomic E-state index is 13.0. The minimum absolute atomic E-state index is 0. The van der Waals surface area contributed by atoms with Crippen molar-refractivity contribution in [1.29, 1.82) is 0 Å². The molecule has 1 unspecified atom stereocenters. The molecule has 0 spiro atoms. The summed E-state index contributed by atoms with van der Waals surface area (Å²) in [6.45, 7) is 6.78. The van der Waals surface area contributed by atoms with Crippen LogP contribution in [0.1, 0.15) is 42.1 Å². The zero-order valence-electron chi connectivity index (χ0n) is 15.3. The summed E-state index contributed by atoms with van der Waals surface area (Å²) in [6.07, 6.45) is 2.83. The SMILES string of the molecule is Cc1ccc(S(=O)(=O)N2CCCCC2C)cc1C(=O)NCC1CNC1.Cl. The van der Waals surface area contributed by atoms with Crippen LogP contribution < -0.4 is 10.6 Å². The van der Waals surface area contributed by atoms with Gasteiger partial charge in [-0.05, 0) is 44.4 Å². The van der Waals surface area contributed by atoms with Crippen LogP contribution in [0, 0.1) is 12.8 Å². The highest BCUT2D eigenvalue weighted by atomic mass is 35.5. The lowest BCUT2D eigenvalue weighted by atomic mass is 10.0. The minimum atomic E-state index is -3.57. The monoisotopic (exact) mass is 401 g/mol. The van der Waals surface area contributed by atoms with E-state index >= 15 is 0 Å². The van der Waals surface area contributed by atoms with Gasteiger partial charge >= 0.3 is 0 Å². The number of sulfonamides is 1. The van der Waals surface area contributed by atoms with Crippen LogP contribution in [-0.2, 0) is 10.0 Å². The van der Waals surface area contributed by atoms with E-state index < -0.39 is 10.0 Å². The Bertz CT molecular complexity index is 750. The van der Waals surface area contributed by atoms with Gasteiger partial charge in [-0.25, -0.2) is 8.42 Å². The predicted molar refractivity (Wildman–Crippen MR) is 104 cm³/mol. The maximum absolute atomic E-state index is 13.0. The summed E-state index contributed by atoms with van der Waals surface area (Å²) in [4.78, 5) is 12.7. The van der Waals surface area contributed by atoms with E-state index in [1.54, 1.807) is 16.4 Å². The van der Waals surface area contributed by atoms with Gasteiger partial charge in [0.05, 0.1) is 4.90 Å². The molecule has 2 N–H and O–H groups in total. The molecule has 2 fully saturated rings. The van der Waals surface area contributed by atoms with E-state index in [0.717, 1.165) is 37.9 Å². The number of carbonyl (C=O) groups is 1. The number of amides is 1. The molecule has 0 bridgehead atoms. The molecule has 8 heteroatoms. The summed E-state index contributed by atoms with van der Waals surface area (Å²) in [5.74, 6) is 0.263. The van der Waals surface area contributed by atoms with E-state index in [0.29, 0.717) is 24.6 Å². The molecule has 1 atom stereocenters. The number of piperidine rings is 1. The fourth-order valence-corrected chi connectivity index (χ4v) is 5.12. The van der Waals surface area contributed by atoms with Gasteiger partial charge in [0.25, 0.3) is 5.91 Å². The van der Waals surface area contributed by atoms with Crippen molar-refractivity contribution in [3.05, 3.63) is 29.3 Å². The molecule has 146 valence electrons. The summed E-state index contributed by atoms with van der Waals surface area (Å²) in [5, 5.41) is 6.09. The van der Waals surface area contributed by atoms with Crippen molar-refractivity contribution < 1.29 is 13.2 Å². The molecule has 0 radical (unpaired) electrons. The Morgan fingerprint density at radius 1 is 1.31 bits per heavy atom. The summed E-state index contributed by atoms with van der Waals surface area (Å²) >= 11 is 0. The molecule has 1 aromatic rings. The van der Waals surface area contributed by atoms with Crippen LogP contribution in [0.2, 0.25) is 0 Å². The third kappa shape index (κ3) is 4.39. The van der Waals surface area contributed by atoms with Crippen LogP contribution in [0.5, 0.6) is 0 Å². The molecule has 3 rings (SSSR count). The van der Waals surface area contributed by atoms with Crippen LogP contribution in [-0.4, -0.2) is 50.9 Å². The third-order valence-electron chi connectivity index (χ3n) is 5.22. The number of aryl methyl sites for hydroxylation is 1. The van der Waals surface area contributed by atoms with E-state index in [9.17, 15) is 13.2 Å². The number of hydrogen-bond donors (Lipinski definition) is 2. The number of hydrogen-bond acceptors (Lipinski definition) is 4. The quantitative estimate of drug-likeness (QED) is 0.790. The Hall–Kier alpha value is -1.15. The van der Waals surface area contributed by atoms with Crippen LogP contribution in [0.3, 0.4) is 0 Å². The van der Waals surface area contributed by atoms with Crippen molar-refractivity contribution in [1.82, 2.24) is 14.9 Å². The van der Waals surface area contributed by atoms with Crippen molar-refractivity contribution in [3.8, 4) is 0 Å². The second-order valence-electron chi connectivity index (χ2n) is 7.17. The smallest absolute Gasteiger partial charge is 0.251 e. The van der Waals surface area contributed by atoms with Gasteiger partial charge in [-0.15, -0.1) is 12.4 Å². The van der Waals surface area contributed by atoms with Crippen molar-refractivity contribution in [3.63, 3.8) is 0 Å². The Kier molecular flexibility index (Phi) is 7.07. The first-order valence-electron chi connectivity index (χ1n) is 9.01. The molecule has 2 saturated heterocycles. The van der Waals surface area contributed by atoms with Gasteiger partial charge in [0.15, 0.2) is 0 Å². The van der Waals surface area contributed by atoms with Gasteiger partial charge in [0.1, 0.15) is 0 Å². The number of benzene rings is 1. The average molecular weight is 402 g/mol. The topological polar surface area (TPSA) is 78.5 Å². The van der Waals surface area contributed by atoms with Crippen molar-refractivity contribution in [2.24, 2.45) is 5.92 Å². The number of halogens is 1.